The maximum absolute atomic E-state index is 12.5. The van der Waals surface area contributed by atoms with Gasteiger partial charge >= 0.3 is 0 Å². The largest absolute Gasteiger partial charge is 0.313 e. The highest BCUT2D eigenvalue weighted by Gasteiger charge is 2.21. The monoisotopic (exact) mass is 332 g/mol. The first kappa shape index (κ1) is 18.4. The van der Waals surface area contributed by atoms with E-state index in [2.05, 4.69) is 23.9 Å². The van der Waals surface area contributed by atoms with Gasteiger partial charge in [0, 0.05) is 12.6 Å². The summed E-state index contributed by atoms with van der Waals surface area (Å²) in [5, 5.41) is 3.42. The first-order valence-electron chi connectivity index (χ1n) is 7.27. The molecule has 1 unspecified atom stereocenters. The summed E-state index contributed by atoms with van der Waals surface area (Å²) in [7, 11) is -3.59. The van der Waals surface area contributed by atoms with Crippen molar-refractivity contribution in [3.63, 3.8) is 0 Å². The van der Waals surface area contributed by atoms with Crippen LogP contribution < -0.4 is 10.0 Å². The molecule has 0 fully saturated rings. The molecule has 0 aliphatic rings. The zero-order valence-corrected chi connectivity index (χ0v) is 14.7. The lowest BCUT2D eigenvalue weighted by Gasteiger charge is -2.17. The van der Waals surface area contributed by atoms with E-state index in [0.717, 1.165) is 18.5 Å². The molecule has 2 N–H and O–H groups in total. The predicted molar refractivity (Wildman–Crippen MR) is 88.1 cm³/mol. The quantitative estimate of drug-likeness (QED) is 0.768. The minimum Gasteiger partial charge on any atom is -0.313 e. The van der Waals surface area contributed by atoms with Crippen molar-refractivity contribution in [1.82, 2.24) is 10.0 Å². The van der Waals surface area contributed by atoms with Crippen molar-refractivity contribution >= 4 is 21.6 Å². The van der Waals surface area contributed by atoms with E-state index in [1.54, 1.807) is 12.1 Å². The SMILES string of the molecule is CCNCc1ccc(Cl)c(S(=O)(=O)NC(C)CC(C)C)c1. The summed E-state index contributed by atoms with van der Waals surface area (Å²) in [5.41, 5.74) is 0.901. The zero-order valence-electron chi connectivity index (χ0n) is 13.1. The summed E-state index contributed by atoms with van der Waals surface area (Å²) in [6.45, 7) is 9.45. The van der Waals surface area contributed by atoms with Crippen LogP contribution in [0.1, 0.15) is 39.7 Å². The van der Waals surface area contributed by atoms with Crippen molar-refractivity contribution in [2.75, 3.05) is 6.54 Å². The number of halogens is 1. The maximum Gasteiger partial charge on any atom is 0.242 e. The second kappa shape index (κ2) is 8.13. The van der Waals surface area contributed by atoms with Crippen LogP contribution in [0, 0.1) is 5.92 Å². The predicted octanol–water partition coefficient (Wildman–Crippen LogP) is 3.16. The van der Waals surface area contributed by atoms with Crippen LogP contribution in [0.2, 0.25) is 5.02 Å². The Morgan fingerprint density at radius 2 is 1.90 bits per heavy atom. The lowest BCUT2D eigenvalue weighted by molar-refractivity contribution is 0.482. The van der Waals surface area contributed by atoms with E-state index in [-0.39, 0.29) is 16.0 Å². The number of sulfonamides is 1. The molecule has 0 saturated carbocycles. The van der Waals surface area contributed by atoms with Gasteiger partial charge in [0.15, 0.2) is 0 Å². The fraction of sp³-hybridized carbons (Fsp3) is 0.600. The molecular weight excluding hydrogens is 308 g/mol. The van der Waals surface area contributed by atoms with Gasteiger partial charge in [-0.3, -0.25) is 0 Å². The summed E-state index contributed by atoms with van der Waals surface area (Å²) < 4.78 is 27.6. The Morgan fingerprint density at radius 3 is 2.48 bits per heavy atom. The van der Waals surface area contributed by atoms with Crippen molar-refractivity contribution in [3.8, 4) is 0 Å². The Morgan fingerprint density at radius 1 is 1.24 bits per heavy atom. The number of hydrogen-bond acceptors (Lipinski definition) is 3. The number of benzene rings is 1. The minimum atomic E-state index is -3.59. The molecular formula is C15H25ClN2O2S. The fourth-order valence-corrected chi connectivity index (χ4v) is 4.02. The molecule has 1 rings (SSSR count). The molecule has 6 heteroatoms. The molecule has 0 amide bonds. The third kappa shape index (κ3) is 5.94. The Hall–Kier alpha value is -0.620. The molecule has 0 spiro atoms. The van der Waals surface area contributed by atoms with Crippen LogP contribution in [0.5, 0.6) is 0 Å². The number of nitrogens with one attached hydrogen (secondary N) is 2. The van der Waals surface area contributed by atoms with Crippen molar-refractivity contribution in [2.45, 2.75) is 51.6 Å². The van der Waals surface area contributed by atoms with Crippen molar-refractivity contribution < 1.29 is 8.42 Å². The van der Waals surface area contributed by atoms with Crippen LogP contribution in [0.3, 0.4) is 0 Å². The van der Waals surface area contributed by atoms with Crippen LogP contribution in [0.25, 0.3) is 0 Å². The summed E-state index contributed by atoms with van der Waals surface area (Å²) in [6.07, 6.45) is 0.786. The molecule has 4 nitrogen and oxygen atoms in total. The maximum atomic E-state index is 12.5. The Bertz CT molecular complexity index is 559. The van der Waals surface area contributed by atoms with E-state index in [9.17, 15) is 8.42 Å². The standard InChI is InChI=1S/C15H25ClN2O2S/c1-5-17-10-13-6-7-14(16)15(9-13)21(19,20)18-12(4)8-11(2)3/h6-7,9,11-12,17-18H,5,8,10H2,1-4H3. The molecule has 0 aliphatic carbocycles. The molecule has 0 aliphatic heterocycles. The van der Waals surface area contributed by atoms with Gasteiger partial charge in [0.05, 0.1) is 5.02 Å². The van der Waals surface area contributed by atoms with Crippen molar-refractivity contribution in [2.24, 2.45) is 5.92 Å². The van der Waals surface area contributed by atoms with E-state index in [0.29, 0.717) is 12.5 Å². The van der Waals surface area contributed by atoms with Crippen LogP contribution in [0.15, 0.2) is 23.1 Å². The summed E-state index contributed by atoms with van der Waals surface area (Å²) in [5.74, 6) is 0.429. The van der Waals surface area contributed by atoms with E-state index in [4.69, 9.17) is 11.6 Å². The van der Waals surface area contributed by atoms with Crippen LogP contribution in [0.4, 0.5) is 0 Å². The van der Waals surface area contributed by atoms with Crippen LogP contribution in [-0.4, -0.2) is 21.0 Å². The minimum absolute atomic E-state index is 0.122. The van der Waals surface area contributed by atoms with Gasteiger partial charge in [-0.2, -0.15) is 0 Å². The Balaban J connectivity index is 2.96. The molecule has 0 heterocycles. The first-order chi connectivity index (χ1) is 9.76. The molecule has 0 bridgehead atoms. The highest BCUT2D eigenvalue weighted by Crippen LogP contribution is 2.23. The molecule has 21 heavy (non-hydrogen) atoms. The molecule has 1 aromatic rings. The molecule has 0 radical (unpaired) electrons. The van der Waals surface area contributed by atoms with Gasteiger partial charge in [-0.15, -0.1) is 0 Å². The van der Waals surface area contributed by atoms with Crippen molar-refractivity contribution in [3.05, 3.63) is 28.8 Å². The molecule has 1 atom stereocenters. The molecule has 1 aromatic carbocycles. The zero-order chi connectivity index (χ0) is 16.0. The van der Waals surface area contributed by atoms with Gasteiger partial charge in [0.1, 0.15) is 4.90 Å². The van der Waals surface area contributed by atoms with E-state index in [1.807, 2.05) is 19.9 Å². The summed E-state index contributed by atoms with van der Waals surface area (Å²) in [4.78, 5) is 0.148. The lowest BCUT2D eigenvalue weighted by atomic mass is 10.1. The smallest absolute Gasteiger partial charge is 0.242 e. The average Bonchev–Trinajstić information content (AvgIpc) is 2.35. The third-order valence-electron chi connectivity index (χ3n) is 3.05. The Labute approximate surface area is 133 Å². The fourth-order valence-electron chi connectivity index (χ4n) is 2.22. The van der Waals surface area contributed by atoms with Gasteiger partial charge < -0.3 is 5.32 Å². The number of hydrogen-bond donors (Lipinski definition) is 2. The molecule has 0 aromatic heterocycles. The van der Waals surface area contributed by atoms with Crippen LogP contribution >= 0.6 is 11.6 Å². The van der Waals surface area contributed by atoms with Gasteiger partial charge in [0.25, 0.3) is 0 Å². The van der Waals surface area contributed by atoms with Crippen LogP contribution in [-0.2, 0) is 16.6 Å². The second-order valence-corrected chi connectivity index (χ2v) is 7.79. The van der Waals surface area contributed by atoms with Gasteiger partial charge in [-0.05, 0) is 43.5 Å². The second-order valence-electron chi connectivity index (χ2n) is 5.70. The summed E-state index contributed by atoms with van der Waals surface area (Å²) in [6, 6.07) is 4.98. The van der Waals surface area contributed by atoms with E-state index >= 15 is 0 Å². The van der Waals surface area contributed by atoms with Gasteiger partial charge in [-0.25, -0.2) is 13.1 Å². The number of rotatable bonds is 8. The Kier molecular flexibility index (Phi) is 7.13. The average molecular weight is 333 g/mol. The third-order valence-corrected chi connectivity index (χ3v) is 5.12. The first-order valence-corrected chi connectivity index (χ1v) is 9.13. The van der Waals surface area contributed by atoms with E-state index in [1.165, 1.54) is 0 Å². The highest BCUT2D eigenvalue weighted by atomic mass is 35.5. The normalized spacial score (nSPS) is 13.6. The van der Waals surface area contributed by atoms with Crippen molar-refractivity contribution in [1.29, 1.82) is 0 Å². The van der Waals surface area contributed by atoms with Gasteiger partial charge in [0.2, 0.25) is 10.0 Å². The van der Waals surface area contributed by atoms with Gasteiger partial charge in [-0.1, -0.05) is 38.4 Å². The highest BCUT2D eigenvalue weighted by molar-refractivity contribution is 7.89. The summed E-state index contributed by atoms with van der Waals surface area (Å²) >= 11 is 6.06. The topological polar surface area (TPSA) is 58.2 Å². The molecule has 120 valence electrons. The van der Waals surface area contributed by atoms with E-state index < -0.39 is 10.0 Å². The molecule has 0 saturated heterocycles. The lowest BCUT2D eigenvalue weighted by Crippen LogP contribution is -2.33.